The zero-order valence-electron chi connectivity index (χ0n) is 18.2. The smallest absolute Gasteiger partial charge is 0.318 e. The van der Waals surface area contributed by atoms with Gasteiger partial charge in [-0.1, -0.05) is 54.6 Å². The largest absolute Gasteiger partial charge is 0.329 e. The molecule has 0 saturated carbocycles. The van der Waals surface area contributed by atoms with Gasteiger partial charge in [-0.15, -0.1) is 0 Å². The number of likely N-dealkylation sites (tertiary alicyclic amines) is 1. The van der Waals surface area contributed by atoms with Gasteiger partial charge in [-0.2, -0.15) is 0 Å². The fourth-order valence-electron chi connectivity index (χ4n) is 5.92. The molecule has 0 bridgehead atoms. The predicted octanol–water partition coefficient (Wildman–Crippen LogP) is 4.72. The molecule has 158 valence electrons. The lowest BCUT2D eigenvalue weighted by Gasteiger charge is -2.52. The molecule has 5 rings (SSSR count). The number of hydrogen-bond acceptors (Lipinski definition) is 2. The summed E-state index contributed by atoms with van der Waals surface area (Å²) < 4.78 is 0. The van der Waals surface area contributed by atoms with Crippen molar-refractivity contribution in [2.24, 2.45) is 5.92 Å². The number of nitrogens with zero attached hydrogens (tertiary/aromatic N) is 2. The molecule has 0 spiro atoms. The van der Waals surface area contributed by atoms with Crippen LogP contribution in [0.5, 0.6) is 0 Å². The van der Waals surface area contributed by atoms with Crippen molar-refractivity contribution in [3.05, 3.63) is 71.3 Å². The maximum Gasteiger partial charge on any atom is 0.318 e. The average Bonchev–Trinajstić information content (AvgIpc) is 2.77. The third kappa shape index (κ3) is 3.51. The van der Waals surface area contributed by atoms with Crippen LogP contribution in [-0.4, -0.2) is 41.5 Å². The molecule has 2 aromatic rings. The number of carbonyl (C=O) groups excluding carboxylic acids is 1. The Kier molecular flexibility index (Phi) is 5.06. The van der Waals surface area contributed by atoms with E-state index in [-0.39, 0.29) is 11.6 Å². The molecule has 0 unspecified atom stereocenters. The van der Waals surface area contributed by atoms with Crippen molar-refractivity contribution in [2.45, 2.75) is 57.2 Å². The molecular weight excluding hydrogens is 370 g/mol. The Labute approximate surface area is 180 Å². The van der Waals surface area contributed by atoms with Crippen LogP contribution >= 0.6 is 0 Å². The van der Waals surface area contributed by atoms with Gasteiger partial charge in [0.25, 0.3) is 0 Å². The molecule has 0 aromatic heterocycles. The first-order valence-corrected chi connectivity index (χ1v) is 11.5. The summed E-state index contributed by atoms with van der Waals surface area (Å²) in [6, 6.07) is 20.1. The molecular formula is C26H33N3O. The normalized spacial score (nSPS) is 26.3. The summed E-state index contributed by atoms with van der Waals surface area (Å²) >= 11 is 0. The number of piperidine rings is 2. The summed E-state index contributed by atoms with van der Waals surface area (Å²) in [6.45, 7) is 7.34. The molecule has 3 atom stereocenters. The van der Waals surface area contributed by atoms with E-state index < -0.39 is 0 Å². The highest BCUT2D eigenvalue weighted by molar-refractivity contribution is 5.76. The first-order chi connectivity index (χ1) is 14.5. The second-order valence-corrected chi connectivity index (χ2v) is 9.78. The second kappa shape index (κ2) is 7.73. The zero-order chi connectivity index (χ0) is 20.7. The van der Waals surface area contributed by atoms with Crippen LogP contribution in [0, 0.1) is 5.92 Å². The molecule has 2 aromatic carbocycles. The van der Waals surface area contributed by atoms with Crippen LogP contribution in [0.4, 0.5) is 4.79 Å². The molecule has 0 radical (unpaired) electrons. The van der Waals surface area contributed by atoms with Gasteiger partial charge < -0.3 is 10.2 Å². The van der Waals surface area contributed by atoms with Crippen LogP contribution in [0.15, 0.2) is 54.6 Å². The van der Waals surface area contributed by atoms with E-state index in [0.717, 1.165) is 44.5 Å². The van der Waals surface area contributed by atoms with Gasteiger partial charge in [0.2, 0.25) is 0 Å². The SMILES string of the molecule is CC(C)(NC(=O)N1CCC[C@@H]2CN3CCc4ccccc4[C@@H]3C[C@@H]21)c1ccccc1. The fraction of sp³-hybridized carbons (Fsp3) is 0.500. The standard InChI is InChI=1S/C26H33N3O/c1-26(2,21-11-4-3-5-12-21)27-25(30)29-15-8-10-20-18-28-16-14-19-9-6-7-13-22(19)24(28)17-23(20)29/h3-7,9,11-13,20,23-24H,8,10,14-18H2,1-2H3,(H,27,30)/t20-,23+,24+/m1/s1. The van der Waals surface area contributed by atoms with Gasteiger partial charge in [-0.3, -0.25) is 4.90 Å². The third-order valence-corrected chi connectivity index (χ3v) is 7.55. The van der Waals surface area contributed by atoms with E-state index in [1.165, 1.54) is 17.5 Å². The van der Waals surface area contributed by atoms with Crippen molar-refractivity contribution in [3.8, 4) is 0 Å². The lowest BCUT2D eigenvalue weighted by molar-refractivity contribution is 0.00450. The molecule has 2 fully saturated rings. The number of benzene rings is 2. The molecule has 1 N–H and O–H groups in total. The summed E-state index contributed by atoms with van der Waals surface area (Å²) in [5.74, 6) is 0.589. The molecule has 3 aliphatic heterocycles. The Morgan fingerprint density at radius 2 is 1.80 bits per heavy atom. The van der Waals surface area contributed by atoms with Crippen LogP contribution in [0.1, 0.15) is 55.8 Å². The van der Waals surface area contributed by atoms with E-state index >= 15 is 0 Å². The summed E-state index contributed by atoms with van der Waals surface area (Å²) in [5, 5.41) is 3.34. The molecule has 3 heterocycles. The van der Waals surface area contributed by atoms with E-state index in [1.54, 1.807) is 0 Å². The molecule has 3 aliphatic rings. The lowest BCUT2D eigenvalue weighted by Crippen LogP contribution is -2.60. The van der Waals surface area contributed by atoms with E-state index in [2.05, 4.69) is 65.4 Å². The van der Waals surface area contributed by atoms with E-state index in [9.17, 15) is 4.79 Å². The number of amides is 2. The molecule has 30 heavy (non-hydrogen) atoms. The lowest BCUT2D eigenvalue weighted by atomic mass is 9.76. The van der Waals surface area contributed by atoms with Crippen molar-refractivity contribution in [2.75, 3.05) is 19.6 Å². The number of fused-ring (bicyclic) bond motifs is 4. The number of nitrogens with one attached hydrogen (secondary N) is 1. The van der Waals surface area contributed by atoms with Gasteiger partial charge in [0.1, 0.15) is 0 Å². The van der Waals surface area contributed by atoms with Gasteiger partial charge in [-0.25, -0.2) is 4.79 Å². The topological polar surface area (TPSA) is 35.6 Å². The van der Waals surface area contributed by atoms with Crippen molar-refractivity contribution in [1.29, 1.82) is 0 Å². The summed E-state index contributed by atoms with van der Waals surface area (Å²) in [7, 11) is 0. The molecule has 2 saturated heterocycles. The highest BCUT2D eigenvalue weighted by Gasteiger charge is 2.44. The minimum Gasteiger partial charge on any atom is -0.329 e. The van der Waals surface area contributed by atoms with Gasteiger partial charge >= 0.3 is 6.03 Å². The molecule has 4 heteroatoms. The third-order valence-electron chi connectivity index (χ3n) is 7.55. The maximum atomic E-state index is 13.4. The number of rotatable bonds is 2. The molecule has 2 amide bonds. The summed E-state index contributed by atoms with van der Waals surface area (Å²) in [6.07, 6.45) is 4.55. The molecule has 0 aliphatic carbocycles. The minimum atomic E-state index is -0.385. The van der Waals surface area contributed by atoms with Gasteiger partial charge in [0.05, 0.1) is 5.54 Å². The Balaban J connectivity index is 1.36. The average molecular weight is 404 g/mol. The van der Waals surface area contributed by atoms with Crippen LogP contribution in [0.25, 0.3) is 0 Å². The monoisotopic (exact) mass is 403 g/mol. The van der Waals surface area contributed by atoms with Crippen LogP contribution in [-0.2, 0) is 12.0 Å². The first kappa shape index (κ1) is 19.6. The van der Waals surface area contributed by atoms with E-state index in [0.29, 0.717) is 18.0 Å². The van der Waals surface area contributed by atoms with Gasteiger partial charge in [0.15, 0.2) is 0 Å². The predicted molar refractivity (Wildman–Crippen MR) is 120 cm³/mol. The van der Waals surface area contributed by atoms with Crippen molar-refractivity contribution < 1.29 is 4.79 Å². The van der Waals surface area contributed by atoms with Gasteiger partial charge in [-0.05, 0) is 62.1 Å². The van der Waals surface area contributed by atoms with Crippen molar-refractivity contribution >= 4 is 6.03 Å². The number of hydrogen-bond donors (Lipinski definition) is 1. The first-order valence-electron chi connectivity index (χ1n) is 11.5. The summed E-state index contributed by atoms with van der Waals surface area (Å²) in [5.41, 5.74) is 3.73. The second-order valence-electron chi connectivity index (χ2n) is 9.78. The van der Waals surface area contributed by atoms with E-state index in [1.807, 2.05) is 18.2 Å². The molecule has 4 nitrogen and oxygen atoms in total. The fourth-order valence-corrected chi connectivity index (χ4v) is 5.92. The van der Waals surface area contributed by atoms with E-state index in [4.69, 9.17) is 0 Å². The number of urea groups is 1. The quantitative estimate of drug-likeness (QED) is 0.788. The minimum absolute atomic E-state index is 0.0936. The van der Waals surface area contributed by atoms with Crippen LogP contribution in [0.2, 0.25) is 0 Å². The zero-order valence-corrected chi connectivity index (χ0v) is 18.2. The Hall–Kier alpha value is -2.33. The number of carbonyl (C=O) groups is 1. The van der Waals surface area contributed by atoms with Crippen molar-refractivity contribution in [3.63, 3.8) is 0 Å². The Morgan fingerprint density at radius 3 is 2.63 bits per heavy atom. The van der Waals surface area contributed by atoms with Crippen LogP contribution in [0.3, 0.4) is 0 Å². The van der Waals surface area contributed by atoms with Crippen molar-refractivity contribution in [1.82, 2.24) is 15.1 Å². The Bertz CT molecular complexity index is 910. The highest BCUT2D eigenvalue weighted by Crippen LogP contribution is 2.42. The van der Waals surface area contributed by atoms with Gasteiger partial charge in [0, 0.05) is 31.7 Å². The summed E-state index contributed by atoms with van der Waals surface area (Å²) in [4.78, 5) is 18.3. The maximum absolute atomic E-state index is 13.4. The Morgan fingerprint density at radius 1 is 1.03 bits per heavy atom. The highest BCUT2D eigenvalue weighted by atomic mass is 16.2. The van der Waals surface area contributed by atoms with Crippen LogP contribution < -0.4 is 5.32 Å².